The number of carbonyl (C=O) groups excluding carboxylic acids is 1. The maximum Gasteiger partial charge on any atom is 0.293 e. The smallest absolute Gasteiger partial charge is 0.293 e. The zero-order valence-corrected chi connectivity index (χ0v) is 12.7. The van der Waals surface area contributed by atoms with E-state index >= 15 is 0 Å². The Morgan fingerprint density at radius 3 is 2.15 bits per heavy atom. The molecule has 20 heavy (non-hydrogen) atoms. The minimum atomic E-state index is -0.0752. The zero-order chi connectivity index (χ0) is 14.5. The van der Waals surface area contributed by atoms with E-state index in [1.807, 2.05) is 30.3 Å². The molecule has 112 valence electrons. The van der Waals surface area contributed by atoms with Gasteiger partial charge in [-0.2, -0.15) is 0 Å². The fourth-order valence-electron chi connectivity index (χ4n) is 2.51. The van der Waals surface area contributed by atoms with E-state index in [0.29, 0.717) is 6.47 Å². The van der Waals surface area contributed by atoms with Crippen molar-refractivity contribution in [1.29, 1.82) is 0 Å². The van der Waals surface area contributed by atoms with Crippen molar-refractivity contribution in [3.05, 3.63) is 35.9 Å². The highest BCUT2D eigenvalue weighted by Gasteiger charge is 2.11. The first-order valence-electron chi connectivity index (χ1n) is 8.02. The SMILES string of the molecule is CCCCCCCCCCC(OC=O)c1ccccc1. The highest BCUT2D eigenvalue weighted by atomic mass is 16.5. The molecule has 1 unspecified atom stereocenters. The second-order valence-corrected chi connectivity index (χ2v) is 5.40. The minimum absolute atomic E-state index is 0.0752. The van der Waals surface area contributed by atoms with Gasteiger partial charge in [0.15, 0.2) is 0 Å². The Labute approximate surface area is 123 Å². The minimum Gasteiger partial charge on any atom is -0.460 e. The maximum absolute atomic E-state index is 10.6. The molecule has 2 nitrogen and oxygen atoms in total. The zero-order valence-electron chi connectivity index (χ0n) is 12.7. The molecule has 0 saturated heterocycles. The van der Waals surface area contributed by atoms with E-state index in [4.69, 9.17) is 4.74 Å². The number of hydrogen-bond donors (Lipinski definition) is 0. The Bertz CT molecular complexity index is 335. The van der Waals surface area contributed by atoms with Gasteiger partial charge in [-0.15, -0.1) is 0 Å². The van der Waals surface area contributed by atoms with E-state index in [-0.39, 0.29) is 6.10 Å². The Kier molecular flexibility index (Phi) is 9.64. The molecule has 0 aliphatic carbocycles. The van der Waals surface area contributed by atoms with E-state index < -0.39 is 0 Å². The standard InChI is InChI=1S/C18H28O2/c1-2-3-4-5-6-7-8-12-15-18(20-16-19)17-13-10-9-11-14-17/h9-11,13-14,16,18H,2-8,12,15H2,1H3. The Hall–Kier alpha value is -1.31. The van der Waals surface area contributed by atoms with E-state index in [1.54, 1.807) is 0 Å². The van der Waals surface area contributed by atoms with Gasteiger partial charge in [0.25, 0.3) is 6.47 Å². The Morgan fingerprint density at radius 1 is 0.950 bits per heavy atom. The lowest BCUT2D eigenvalue weighted by molar-refractivity contribution is -0.134. The van der Waals surface area contributed by atoms with Crippen molar-refractivity contribution >= 4 is 6.47 Å². The molecule has 0 radical (unpaired) electrons. The molecule has 0 saturated carbocycles. The summed E-state index contributed by atoms with van der Waals surface area (Å²) in [6.45, 7) is 2.82. The predicted molar refractivity (Wildman–Crippen MR) is 83.6 cm³/mol. The summed E-state index contributed by atoms with van der Waals surface area (Å²) in [5, 5.41) is 0. The molecule has 0 amide bonds. The molecule has 0 aliphatic heterocycles. The molecule has 1 aromatic carbocycles. The van der Waals surface area contributed by atoms with Crippen LogP contribution in [0, 0.1) is 0 Å². The van der Waals surface area contributed by atoms with Crippen LogP contribution in [0.3, 0.4) is 0 Å². The number of ether oxygens (including phenoxy) is 1. The Balaban J connectivity index is 2.15. The molecular weight excluding hydrogens is 248 g/mol. The second-order valence-electron chi connectivity index (χ2n) is 5.40. The summed E-state index contributed by atoms with van der Waals surface area (Å²) in [6.07, 6.45) is 11.3. The van der Waals surface area contributed by atoms with Crippen LogP contribution in [-0.2, 0) is 9.53 Å². The topological polar surface area (TPSA) is 26.3 Å². The molecule has 2 heteroatoms. The quantitative estimate of drug-likeness (QED) is 0.376. The molecule has 1 aromatic rings. The number of hydrogen-bond acceptors (Lipinski definition) is 2. The second kappa shape index (κ2) is 11.5. The van der Waals surface area contributed by atoms with E-state index in [0.717, 1.165) is 18.4 Å². The molecule has 0 aromatic heterocycles. The van der Waals surface area contributed by atoms with Crippen LogP contribution in [0.5, 0.6) is 0 Å². The fourth-order valence-corrected chi connectivity index (χ4v) is 2.51. The number of carbonyl (C=O) groups is 1. The van der Waals surface area contributed by atoms with Gasteiger partial charge in [-0.1, -0.05) is 82.2 Å². The molecule has 0 fully saturated rings. The van der Waals surface area contributed by atoms with Crippen LogP contribution < -0.4 is 0 Å². The van der Waals surface area contributed by atoms with Crippen molar-refractivity contribution in [2.45, 2.75) is 70.8 Å². The van der Waals surface area contributed by atoms with Gasteiger partial charge < -0.3 is 4.74 Å². The molecule has 0 N–H and O–H groups in total. The van der Waals surface area contributed by atoms with E-state index in [2.05, 4.69) is 6.92 Å². The lowest BCUT2D eigenvalue weighted by atomic mass is 10.0. The van der Waals surface area contributed by atoms with Crippen LogP contribution in [-0.4, -0.2) is 6.47 Å². The van der Waals surface area contributed by atoms with Crippen LogP contribution in [0.2, 0.25) is 0 Å². The normalized spacial score (nSPS) is 12.1. The van der Waals surface area contributed by atoms with Gasteiger partial charge in [0.05, 0.1) is 0 Å². The highest BCUT2D eigenvalue weighted by molar-refractivity contribution is 5.38. The molecule has 0 spiro atoms. The summed E-state index contributed by atoms with van der Waals surface area (Å²) in [5.74, 6) is 0. The third-order valence-corrected chi connectivity index (χ3v) is 3.71. The summed E-state index contributed by atoms with van der Waals surface area (Å²) in [4.78, 5) is 10.6. The van der Waals surface area contributed by atoms with Gasteiger partial charge in [0.1, 0.15) is 6.10 Å². The summed E-state index contributed by atoms with van der Waals surface area (Å²) >= 11 is 0. The largest absolute Gasteiger partial charge is 0.460 e. The molecule has 0 aliphatic rings. The first-order valence-corrected chi connectivity index (χ1v) is 8.02. The third-order valence-electron chi connectivity index (χ3n) is 3.71. The Morgan fingerprint density at radius 2 is 1.55 bits per heavy atom. The van der Waals surface area contributed by atoms with Gasteiger partial charge >= 0.3 is 0 Å². The molecule has 0 bridgehead atoms. The van der Waals surface area contributed by atoms with Crippen LogP contribution in [0.25, 0.3) is 0 Å². The summed E-state index contributed by atoms with van der Waals surface area (Å²) in [7, 11) is 0. The van der Waals surface area contributed by atoms with Crippen molar-refractivity contribution in [1.82, 2.24) is 0 Å². The number of benzene rings is 1. The molecular formula is C18H28O2. The summed E-state index contributed by atoms with van der Waals surface area (Å²) < 4.78 is 5.21. The van der Waals surface area contributed by atoms with Crippen molar-refractivity contribution in [2.24, 2.45) is 0 Å². The number of rotatable bonds is 12. The van der Waals surface area contributed by atoms with Crippen LogP contribution in [0.1, 0.15) is 76.4 Å². The van der Waals surface area contributed by atoms with Gasteiger partial charge in [-0.05, 0) is 18.4 Å². The summed E-state index contributed by atoms with van der Waals surface area (Å²) in [5.41, 5.74) is 1.10. The van der Waals surface area contributed by atoms with Crippen LogP contribution in [0.15, 0.2) is 30.3 Å². The van der Waals surface area contributed by atoms with Crippen molar-refractivity contribution in [2.75, 3.05) is 0 Å². The lowest BCUT2D eigenvalue weighted by Gasteiger charge is -2.15. The molecule has 1 atom stereocenters. The summed E-state index contributed by atoms with van der Waals surface area (Å²) in [6, 6.07) is 10.0. The van der Waals surface area contributed by atoms with Crippen molar-refractivity contribution in [3.63, 3.8) is 0 Å². The first-order chi connectivity index (χ1) is 9.88. The van der Waals surface area contributed by atoms with Crippen molar-refractivity contribution in [3.8, 4) is 0 Å². The van der Waals surface area contributed by atoms with Crippen LogP contribution >= 0.6 is 0 Å². The van der Waals surface area contributed by atoms with E-state index in [9.17, 15) is 4.79 Å². The molecule has 0 heterocycles. The molecule has 1 rings (SSSR count). The van der Waals surface area contributed by atoms with Gasteiger partial charge in [-0.3, -0.25) is 4.79 Å². The van der Waals surface area contributed by atoms with Gasteiger partial charge in [0, 0.05) is 0 Å². The van der Waals surface area contributed by atoms with Gasteiger partial charge in [-0.25, -0.2) is 0 Å². The highest BCUT2D eigenvalue weighted by Crippen LogP contribution is 2.23. The fraction of sp³-hybridized carbons (Fsp3) is 0.611. The average molecular weight is 276 g/mol. The monoisotopic (exact) mass is 276 g/mol. The van der Waals surface area contributed by atoms with Crippen LogP contribution in [0.4, 0.5) is 0 Å². The van der Waals surface area contributed by atoms with Crippen molar-refractivity contribution < 1.29 is 9.53 Å². The number of unbranched alkanes of at least 4 members (excludes halogenated alkanes) is 7. The van der Waals surface area contributed by atoms with E-state index in [1.165, 1.54) is 44.9 Å². The third kappa shape index (κ3) is 7.32. The van der Waals surface area contributed by atoms with Gasteiger partial charge in [0.2, 0.25) is 0 Å². The predicted octanol–water partition coefficient (Wildman–Crippen LogP) is 5.43. The first kappa shape index (κ1) is 16.7. The maximum atomic E-state index is 10.6. The average Bonchev–Trinajstić information content (AvgIpc) is 2.50. The lowest BCUT2D eigenvalue weighted by Crippen LogP contribution is -2.03.